The van der Waals surface area contributed by atoms with Gasteiger partial charge in [-0.1, -0.05) is 89.5 Å². The van der Waals surface area contributed by atoms with Crippen molar-refractivity contribution < 1.29 is 32.9 Å². The van der Waals surface area contributed by atoms with Crippen molar-refractivity contribution >= 4 is 13.7 Å². The van der Waals surface area contributed by atoms with Crippen molar-refractivity contribution in [2.24, 2.45) is 0 Å². The van der Waals surface area contributed by atoms with E-state index in [2.05, 4.69) is 31.3 Å². The molecule has 0 heterocycles. The highest BCUT2D eigenvalue weighted by molar-refractivity contribution is 7.45. The van der Waals surface area contributed by atoms with E-state index in [1.54, 1.807) is 6.08 Å². The van der Waals surface area contributed by atoms with Crippen LogP contribution in [-0.2, 0) is 18.4 Å². The van der Waals surface area contributed by atoms with Crippen molar-refractivity contribution in [2.75, 3.05) is 40.9 Å². The molecule has 3 atom stereocenters. The quantitative estimate of drug-likeness (QED) is 0.0646. The van der Waals surface area contributed by atoms with Gasteiger partial charge in [-0.05, 0) is 32.1 Å². The minimum atomic E-state index is -4.56. The Morgan fingerprint density at radius 1 is 0.895 bits per heavy atom. The lowest BCUT2D eigenvalue weighted by atomic mass is 10.1. The average Bonchev–Trinajstić information content (AvgIpc) is 2.83. The number of allylic oxidation sites excluding steroid dienone is 3. The number of carbonyl (C=O) groups is 1. The first-order valence-electron chi connectivity index (χ1n) is 14.7. The number of amides is 1. The zero-order valence-corrected chi connectivity index (χ0v) is 25.8. The number of phosphoric acid groups is 1. The second-order valence-corrected chi connectivity index (χ2v) is 12.5. The van der Waals surface area contributed by atoms with E-state index >= 15 is 0 Å². The first-order chi connectivity index (χ1) is 18.0. The Balaban J connectivity index is 4.74. The van der Waals surface area contributed by atoms with Crippen LogP contribution in [0.15, 0.2) is 24.3 Å². The number of likely N-dealkylation sites (N-methyl/N-ethyl adjacent to an activating group) is 1. The summed E-state index contributed by atoms with van der Waals surface area (Å²) < 4.78 is 22.8. The Morgan fingerprint density at radius 2 is 1.47 bits per heavy atom. The van der Waals surface area contributed by atoms with Gasteiger partial charge in [0, 0.05) is 6.42 Å². The Labute approximate surface area is 233 Å². The minimum absolute atomic E-state index is 0.00617. The van der Waals surface area contributed by atoms with Gasteiger partial charge >= 0.3 is 0 Å². The monoisotopic (exact) mass is 560 g/mol. The first kappa shape index (κ1) is 37.0. The summed E-state index contributed by atoms with van der Waals surface area (Å²) in [5, 5.41) is 13.4. The van der Waals surface area contributed by atoms with Gasteiger partial charge in [0.1, 0.15) is 13.2 Å². The van der Waals surface area contributed by atoms with Crippen LogP contribution in [-0.4, -0.2) is 68.5 Å². The molecule has 0 aliphatic rings. The number of nitrogens with zero attached hydrogens (tertiary/aromatic N) is 1. The smallest absolute Gasteiger partial charge is 0.268 e. The van der Waals surface area contributed by atoms with Crippen molar-refractivity contribution in [3.63, 3.8) is 0 Å². The summed E-state index contributed by atoms with van der Waals surface area (Å²) in [5.74, 6) is -0.226. The number of quaternary nitrogens is 1. The molecule has 0 rings (SSSR count). The molecule has 0 bridgehead atoms. The van der Waals surface area contributed by atoms with E-state index in [-0.39, 0.29) is 12.5 Å². The van der Waals surface area contributed by atoms with Gasteiger partial charge in [-0.3, -0.25) is 9.36 Å². The van der Waals surface area contributed by atoms with Crippen molar-refractivity contribution in [2.45, 2.75) is 116 Å². The summed E-state index contributed by atoms with van der Waals surface area (Å²) >= 11 is 0. The molecule has 8 nitrogen and oxygen atoms in total. The van der Waals surface area contributed by atoms with Crippen LogP contribution >= 0.6 is 7.82 Å². The van der Waals surface area contributed by atoms with Crippen LogP contribution in [0.3, 0.4) is 0 Å². The third-order valence-corrected chi connectivity index (χ3v) is 7.13. The second-order valence-electron chi connectivity index (χ2n) is 11.1. The van der Waals surface area contributed by atoms with E-state index in [1.807, 2.05) is 27.2 Å². The molecule has 0 spiro atoms. The number of carbonyl (C=O) groups excluding carboxylic acids is 1. The number of hydrogen-bond acceptors (Lipinski definition) is 6. The number of aliphatic hydroxyl groups is 1. The summed E-state index contributed by atoms with van der Waals surface area (Å²) in [7, 11) is 1.23. The van der Waals surface area contributed by atoms with Gasteiger partial charge < -0.3 is 28.8 Å². The average molecular weight is 561 g/mol. The van der Waals surface area contributed by atoms with Crippen LogP contribution < -0.4 is 10.2 Å². The molecule has 0 aliphatic heterocycles. The Kier molecular flexibility index (Phi) is 22.1. The lowest BCUT2D eigenvalue weighted by Gasteiger charge is -2.29. The Morgan fingerprint density at radius 3 is 2.11 bits per heavy atom. The highest BCUT2D eigenvalue weighted by Gasteiger charge is 2.23. The van der Waals surface area contributed by atoms with Gasteiger partial charge in [0.15, 0.2) is 0 Å². The molecule has 1 amide bonds. The van der Waals surface area contributed by atoms with E-state index in [4.69, 9.17) is 9.05 Å². The molecule has 9 heteroatoms. The highest BCUT2D eigenvalue weighted by Crippen LogP contribution is 2.38. The van der Waals surface area contributed by atoms with Crippen molar-refractivity contribution in [3.05, 3.63) is 24.3 Å². The Bertz CT molecular complexity index is 693. The van der Waals surface area contributed by atoms with Crippen molar-refractivity contribution in [1.29, 1.82) is 0 Å². The maximum absolute atomic E-state index is 12.5. The molecule has 0 aromatic carbocycles. The van der Waals surface area contributed by atoms with Gasteiger partial charge in [-0.15, -0.1) is 0 Å². The summed E-state index contributed by atoms with van der Waals surface area (Å²) in [6.07, 6.45) is 21.2. The van der Waals surface area contributed by atoms with Crippen LogP contribution in [0.5, 0.6) is 0 Å². The van der Waals surface area contributed by atoms with E-state index < -0.39 is 26.6 Å². The zero-order chi connectivity index (χ0) is 28.7. The Hall–Kier alpha value is -1.02. The number of rotatable bonds is 25. The third kappa shape index (κ3) is 24.1. The fourth-order valence-electron chi connectivity index (χ4n) is 3.69. The van der Waals surface area contributed by atoms with Crippen LogP contribution in [0.2, 0.25) is 0 Å². The largest absolute Gasteiger partial charge is 0.756 e. The highest BCUT2D eigenvalue weighted by atomic mass is 31.2. The fraction of sp³-hybridized carbons (Fsp3) is 0.828. The van der Waals surface area contributed by atoms with Gasteiger partial charge in [0.05, 0.1) is 39.9 Å². The van der Waals surface area contributed by atoms with Crippen LogP contribution in [0.1, 0.15) is 104 Å². The van der Waals surface area contributed by atoms with Gasteiger partial charge in [-0.2, -0.15) is 0 Å². The summed E-state index contributed by atoms with van der Waals surface area (Å²) in [6.45, 7) is 4.45. The summed E-state index contributed by atoms with van der Waals surface area (Å²) in [6, 6.07) is -0.891. The van der Waals surface area contributed by atoms with E-state index in [0.717, 1.165) is 51.4 Å². The number of phosphoric ester groups is 1. The van der Waals surface area contributed by atoms with Crippen molar-refractivity contribution in [3.8, 4) is 0 Å². The molecule has 3 unspecified atom stereocenters. The third-order valence-electron chi connectivity index (χ3n) is 6.16. The molecule has 0 saturated carbocycles. The summed E-state index contributed by atoms with van der Waals surface area (Å²) in [5.41, 5.74) is 0. The number of nitrogens with one attached hydrogen (secondary N) is 1. The maximum Gasteiger partial charge on any atom is 0.268 e. The minimum Gasteiger partial charge on any atom is -0.756 e. The van der Waals surface area contributed by atoms with Gasteiger partial charge in [0.2, 0.25) is 5.91 Å². The lowest BCUT2D eigenvalue weighted by Crippen LogP contribution is -2.45. The number of unbranched alkanes of at least 4 members (excludes halogenated alkanes) is 10. The molecule has 0 aromatic heterocycles. The van der Waals surface area contributed by atoms with E-state index in [1.165, 1.54) is 32.1 Å². The predicted octanol–water partition coefficient (Wildman–Crippen LogP) is 5.65. The molecule has 2 N–H and O–H groups in total. The normalized spacial score (nSPS) is 15.7. The van der Waals surface area contributed by atoms with Crippen LogP contribution in [0, 0.1) is 0 Å². The SMILES string of the molecule is CCCCCCC/C=C/CC/C=C/C(O)C(COP(=O)([O-])OCC[N+](C)(C)C)NC(=O)CCCCCCC. The predicted molar refractivity (Wildman–Crippen MR) is 155 cm³/mol. The topological polar surface area (TPSA) is 108 Å². The molecule has 0 saturated heterocycles. The van der Waals surface area contributed by atoms with Gasteiger partial charge in [-0.25, -0.2) is 0 Å². The van der Waals surface area contributed by atoms with E-state index in [0.29, 0.717) is 17.4 Å². The van der Waals surface area contributed by atoms with Crippen molar-refractivity contribution in [1.82, 2.24) is 5.32 Å². The molecular formula is C29H57N2O6P. The molecule has 0 aliphatic carbocycles. The standard InChI is InChI=1S/C29H57N2O6P/c1-6-8-10-12-13-14-15-16-17-19-20-22-28(32)27(30-29(33)23-21-18-11-9-7-2)26-37-38(34,35)36-25-24-31(3,4)5/h15-16,20,22,27-28,32H,6-14,17-19,21,23-26H2,1-5H3,(H-,30,33,34,35)/b16-15+,22-20+. The van der Waals surface area contributed by atoms with Crippen LogP contribution in [0.4, 0.5) is 0 Å². The molecule has 0 fully saturated rings. The van der Waals surface area contributed by atoms with Gasteiger partial charge in [0.25, 0.3) is 7.82 Å². The molecule has 0 radical (unpaired) electrons. The maximum atomic E-state index is 12.5. The second kappa shape index (κ2) is 22.8. The molecule has 224 valence electrons. The van der Waals surface area contributed by atoms with Crippen LogP contribution in [0.25, 0.3) is 0 Å². The zero-order valence-electron chi connectivity index (χ0n) is 24.9. The fourth-order valence-corrected chi connectivity index (χ4v) is 4.42. The first-order valence-corrected chi connectivity index (χ1v) is 16.2. The van der Waals surface area contributed by atoms with E-state index in [9.17, 15) is 19.4 Å². The lowest BCUT2D eigenvalue weighted by molar-refractivity contribution is -0.870. The number of hydrogen-bond donors (Lipinski definition) is 2. The molecule has 0 aromatic rings. The molecular weight excluding hydrogens is 503 g/mol. The summed E-state index contributed by atoms with van der Waals surface area (Å²) in [4.78, 5) is 24.7. The number of aliphatic hydroxyl groups excluding tert-OH is 1. The molecule has 38 heavy (non-hydrogen) atoms.